The largest absolute Gasteiger partial charge is 0.450 e. The summed E-state index contributed by atoms with van der Waals surface area (Å²) in [6.07, 6.45) is -0.408. The zero-order chi connectivity index (χ0) is 8.97. The average molecular weight is 174 g/mol. The molecular weight excluding hydrogens is 160 g/mol. The van der Waals surface area contributed by atoms with Crippen molar-refractivity contribution in [2.24, 2.45) is 11.7 Å². The summed E-state index contributed by atoms with van der Waals surface area (Å²) in [5.41, 5.74) is 4.77. The lowest BCUT2D eigenvalue weighted by atomic mass is 10.0. The minimum absolute atomic E-state index is 0.185. The Labute approximate surface area is 70.9 Å². The fourth-order valence-corrected chi connectivity index (χ4v) is 1.32. The van der Waals surface area contributed by atoms with E-state index in [1.165, 1.54) is 0 Å². The van der Waals surface area contributed by atoms with E-state index in [0.717, 1.165) is 6.54 Å². The molecule has 0 aromatic rings. The summed E-state index contributed by atoms with van der Waals surface area (Å²) in [5.74, 6) is 0.185. The summed E-state index contributed by atoms with van der Waals surface area (Å²) in [6.45, 7) is 1.70. The van der Waals surface area contributed by atoms with E-state index in [2.05, 4.69) is 10.1 Å². The molecular formula is C7H14N2O3. The quantitative estimate of drug-likeness (QED) is 0.515. The maximum Gasteiger partial charge on any atom is 0.404 e. The lowest BCUT2D eigenvalue weighted by Gasteiger charge is -2.11. The third-order valence-electron chi connectivity index (χ3n) is 2.04. The minimum atomic E-state index is -0.754. The third kappa shape index (κ3) is 2.67. The maximum absolute atomic E-state index is 10.2. The molecule has 5 heteroatoms. The number of rotatable bonds is 3. The molecule has 1 saturated heterocycles. The number of primary amides is 1. The number of nitrogens with two attached hydrogens (primary N) is 1. The number of carbonyl (C=O) groups excluding carboxylic acids is 1. The van der Waals surface area contributed by atoms with Crippen molar-refractivity contribution in [3.63, 3.8) is 0 Å². The highest BCUT2D eigenvalue weighted by molar-refractivity contribution is 5.64. The molecule has 0 bridgehead atoms. The zero-order valence-electron chi connectivity index (χ0n) is 6.82. The molecule has 0 unspecified atom stereocenters. The third-order valence-corrected chi connectivity index (χ3v) is 2.04. The van der Waals surface area contributed by atoms with E-state index in [1.54, 1.807) is 0 Å². The van der Waals surface area contributed by atoms with Crippen molar-refractivity contribution in [1.29, 1.82) is 0 Å². The molecule has 5 nitrogen and oxygen atoms in total. The number of aliphatic hydroxyl groups is 1. The Morgan fingerprint density at radius 1 is 1.67 bits per heavy atom. The standard InChI is InChI=1S/C7H14N2O3/c8-7(11)12-2-1-5-3-9-4-6(5)10/h5-6,9-10H,1-4H2,(H2,8,11)/t5-,6-/m1/s1. The fourth-order valence-electron chi connectivity index (χ4n) is 1.32. The first kappa shape index (κ1) is 9.28. The Hall–Kier alpha value is -0.810. The molecule has 0 aliphatic carbocycles. The molecule has 1 rings (SSSR count). The zero-order valence-corrected chi connectivity index (χ0v) is 6.82. The van der Waals surface area contributed by atoms with Crippen LogP contribution in [-0.2, 0) is 4.74 Å². The summed E-state index contributed by atoms with van der Waals surface area (Å²) in [6, 6.07) is 0. The molecule has 0 spiro atoms. The first-order valence-corrected chi connectivity index (χ1v) is 4.01. The fraction of sp³-hybridized carbons (Fsp3) is 0.857. The van der Waals surface area contributed by atoms with Gasteiger partial charge in [-0.15, -0.1) is 0 Å². The Balaban J connectivity index is 2.10. The number of nitrogens with one attached hydrogen (secondary N) is 1. The maximum atomic E-state index is 10.2. The van der Waals surface area contributed by atoms with Gasteiger partial charge in [-0.1, -0.05) is 0 Å². The van der Waals surface area contributed by atoms with Crippen LogP contribution in [0, 0.1) is 5.92 Å². The number of ether oxygens (including phenoxy) is 1. The second kappa shape index (κ2) is 4.27. The number of hydrogen-bond acceptors (Lipinski definition) is 4. The molecule has 2 atom stereocenters. The SMILES string of the molecule is NC(=O)OCC[C@@H]1CNC[C@H]1O. The van der Waals surface area contributed by atoms with Crippen LogP contribution < -0.4 is 11.1 Å². The molecule has 0 aromatic heterocycles. The van der Waals surface area contributed by atoms with Crippen LogP contribution >= 0.6 is 0 Å². The molecule has 70 valence electrons. The second-order valence-corrected chi connectivity index (χ2v) is 2.94. The van der Waals surface area contributed by atoms with Gasteiger partial charge in [0.2, 0.25) is 0 Å². The van der Waals surface area contributed by atoms with Gasteiger partial charge in [-0.05, 0) is 6.42 Å². The molecule has 0 aromatic carbocycles. The molecule has 0 saturated carbocycles. The van der Waals surface area contributed by atoms with Gasteiger partial charge in [-0.2, -0.15) is 0 Å². The molecule has 0 radical (unpaired) electrons. The summed E-state index contributed by atoms with van der Waals surface area (Å²) >= 11 is 0. The first-order chi connectivity index (χ1) is 5.70. The van der Waals surface area contributed by atoms with Gasteiger partial charge in [0.1, 0.15) is 0 Å². The van der Waals surface area contributed by atoms with Gasteiger partial charge in [-0.3, -0.25) is 0 Å². The average Bonchev–Trinajstić information content (AvgIpc) is 2.36. The Morgan fingerprint density at radius 2 is 2.42 bits per heavy atom. The topological polar surface area (TPSA) is 84.6 Å². The minimum Gasteiger partial charge on any atom is -0.450 e. The predicted octanol–water partition coefficient (Wildman–Crippen LogP) is -0.948. The van der Waals surface area contributed by atoms with E-state index < -0.39 is 6.09 Å². The van der Waals surface area contributed by atoms with Crippen LogP contribution in [-0.4, -0.2) is 37.0 Å². The van der Waals surface area contributed by atoms with Crippen molar-refractivity contribution < 1.29 is 14.6 Å². The van der Waals surface area contributed by atoms with Gasteiger partial charge in [0.25, 0.3) is 0 Å². The van der Waals surface area contributed by atoms with Gasteiger partial charge < -0.3 is 20.9 Å². The van der Waals surface area contributed by atoms with Crippen LogP contribution in [0.4, 0.5) is 4.79 Å². The first-order valence-electron chi connectivity index (χ1n) is 4.01. The number of amides is 1. The molecule has 12 heavy (non-hydrogen) atoms. The summed E-state index contributed by atoms with van der Waals surface area (Å²) in [7, 11) is 0. The van der Waals surface area contributed by atoms with E-state index in [1.807, 2.05) is 0 Å². The van der Waals surface area contributed by atoms with Crippen molar-refractivity contribution in [3.8, 4) is 0 Å². The number of carbonyl (C=O) groups is 1. The molecule has 4 N–H and O–H groups in total. The van der Waals surface area contributed by atoms with Gasteiger partial charge in [0.15, 0.2) is 0 Å². The van der Waals surface area contributed by atoms with Crippen molar-refractivity contribution >= 4 is 6.09 Å². The molecule has 1 heterocycles. The second-order valence-electron chi connectivity index (χ2n) is 2.94. The predicted molar refractivity (Wildman–Crippen MR) is 42.5 cm³/mol. The van der Waals surface area contributed by atoms with E-state index in [-0.39, 0.29) is 12.0 Å². The van der Waals surface area contributed by atoms with Crippen molar-refractivity contribution in [2.75, 3.05) is 19.7 Å². The van der Waals surface area contributed by atoms with E-state index >= 15 is 0 Å². The van der Waals surface area contributed by atoms with Gasteiger partial charge in [0.05, 0.1) is 12.7 Å². The van der Waals surface area contributed by atoms with Crippen LogP contribution in [0.2, 0.25) is 0 Å². The van der Waals surface area contributed by atoms with Crippen LogP contribution in [0.3, 0.4) is 0 Å². The summed E-state index contributed by atoms with van der Waals surface area (Å²) in [5, 5.41) is 12.4. The Morgan fingerprint density at radius 3 is 2.92 bits per heavy atom. The smallest absolute Gasteiger partial charge is 0.404 e. The highest BCUT2D eigenvalue weighted by atomic mass is 16.5. The molecule has 1 aliphatic heterocycles. The molecule has 1 aliphatic rings. The van der Waals surface area contributed by atoms with Crippen LogP contribution in [0.15, 0.2) is 0 Å². The van der Waals surface area contributed by atoms with Crippen LogP contribution in [0.25, 0.3) is 0 Å². The van der Waals surface area contributed by atoms with Crippen LogP contribution in [0.1, 0.15) is 6.42 Å². The van der Waals surface area contributed by atoms with Gasteiger partial charge >= 0.3 is 6.09 Å². The molecule has 1 amide bonds. The summed E-state index contributed by atoms with van der Waals surface area (Å²) < 4.78 is 4.55. The van der Waals surface area contributed by atoms with Crippen molar-refractivity contribution in [2.45, 2.75) is 12.5 Å². The molecule has 1 fully saturated rings. The van der Waals surface area contributed by atoms with Crippen molar-refractivity contribution in [1.82, 2.24) is 5.32 Å². The monoisotopic (exact) mass is 174 g/mol. The normalized spacial score (nSPS) is 28.8. The Kier molecular flexibility index (Phi) is 3.31. The van der Waals surface area contributed by atoms with Gasteiger partial charge in [-0.25, -0.2) is 4.79 Å². The van der Waals surface area contributed by atoms with E-state index in [4.69, 9.17) is 5.73 Å². The summed E-state index contributed by atoms with van der Waals surface area (Å²) in [4.78, 5) is 10.2. The number of β-amino-alcohol motifs (C(OH)–C–C–N with tert-alkyl or cyclic N) is 1. The lowest BCUT2D eigenvalue weighted by molar-refractivity contribution is 0.112. The van der Waals surface area contributed by atoms with Gasteiger partial charge in [0, 0.05) is 19.0 Å². The highest BCUT2D eigenvalue weighted by Crippen LogP contribution is 2.12. The Bertz CT molecular complexity index is 163. The van der Waals surface area contributed by atoms with Crippen LogP contribution in [0.5, 0.6) is 0 Å². The number of hydrogen-bond donors (Lipinski definition) is 3. The lowest BCUT2D eigenvalue weighted by Crippen LogP contribution is -2.21. The van der Waals surface area contributed by atoms with E-state index in [9.17, 15) is 9.90 Å². The van der Waals surface area contributed by atoms with Crippen molar-refractivity contribution in [3.05, 3.63) is 0 Å². The number of aliphatic hydroxyl groups excluding tert-OH is 1. The van der Waals surface area contributed by atoms with E-state index in [0.29, 0.717) is 19.6 Å². The highest BCUT2D eigenvalue weighted by Gasteiger charge is 2.24.